The van der Waals surface area contributed by atoms with Gasteiger partial charge >= 0.3 is 0 Å². The molecule has 3 rings (SSSR count). The number of hydrogen-bond donors (Lipinski definition) is 2. The normalized spacial score (nSPS) is 10.7. The largest absolute Gasteiger partial charge is 0.451 e. The Labute approximate surface area is 116 Å². The predicted octanol–water partition coefficient (Wildman–Crippen LogP) is 3.14. The van der Waals surface area contributed by atoms with Crippen molar-refractivity contribution in [3.8, 4) is 0 Å². The van der Waals surface area contributed by atoms with E-state index in [4.69, 9.17) is 10.2 Å². The van der Waals surface area contributed by atoms with E-state index in [-0.39, 0.29) is 11.7 Å². The monoisotopic (exact) mass is 266 g/mol. The number of nitrogens with two attached hydrogens (primary N) is 1. The molecule has 3 aromatic rings. The molecular weight excluding hydrogens is 252 g/mol. The standard InChI is InChI=1S/C16H14N2O2/c17-10-12-6-1-3-7-13(12)18-16(19)15-9-11-5-2-4-8-14(11)20-15/h1-9H,10,17H2,(H,18,19). The predicted molar refractivity (Wildman–Crippen MR) is 78.5 cm³/mol. The molecule has 3 N–H and O–H groups in total. The lowest BCUT2D eigenvalue weighted by Crippen LogP contribution is -2.13. The molecule has 0 atom stereocenters. The number of furan rings is 1. The molecule has 0 fully saturated rings. The van der Waals surface area contributed by atoms with Gasteiger partial charge in [-0.15, -0.1) is 0 Å². The van der Waals surface area contributed by atoms with Gasteiger partial charge in [-0.3, -0.25) is 4.79 Å². The summed E-state index contributed by atoms with van der Waals surface area (Å²) in [6, 6.07) is 16.7. The van der Waals surface area contributed by atoms with Gasteiger partial charge in [-0.1, -0.05) is 36.4 Å². The topological polar surface area (TPSA) is 68.3 Å². The van der Waals surface area contributed by atoms with Gasteiger partial charge in [0.25, 0.3) is 5.91 Å². The lowest BCUT2D eigenvalue weighted by Gasteiger charge is -2.07. The molecule has 2 aromatic carbocycles. The molecular formula is C16H14N2O2. The Morgan fingerprint density at radius 2 is 1.85 bits per heavy atom. The molecule has 0 saturated carbocycles. The highest BCUT2D eigenvalue weighted by atomic mass is 16.3. The average Bonchev–Trinajstić information content (AvgIpc) is 2.92. The zero-order valence-corrected chi connectivity index (χ0v) is 10.8. The summed E-state index contributed by atoms with van der Waals surface area (Å²) in [5.74, 6) is 0.0140. The van der Waals surface area contributed by atoms with Gasteiger partial charge in [0.15, 0.2) is 5.76 Å². The number of benzene rings is 2. The molecule has 1 amide bonds. The summed E-state index contributed by atoms with van der Waals surface area (Å²) in [4.78, 5) is 12.2. The molecule has 0 aliphatic heterocycles. The molecule has 0 spiro atoms. The van der Waals surface area contributed by atoms with Gasteiger partial charge in [0.2, 0.25) is 0 Å². The van der Waals surface area contributed by atoms with Crippen molar-refractivity contribution in [3.63, 3.8) is 0 Å². The SMILES string of the molecule is NCc1ccccc1NC(=O)c1cc2ccccc2o1. The van der Waals surface area contributed by atoms with Gasteiger partial charge in [-0.05, 0) is 23.8 Å². The summed E-state index contributed by atoms with van der Waals surface area (Å²) >= 11 is 0. The molecule has 0 aliphatic rings. The summed E-state index contributed by atoms with van der Waals surface area (Å²) in [6.07, 6.45) is 0. The van der Waals surface area contributed by atoms with Crippen LogP contribution in [0.25, 0.3) is 11.0 Å². The van der Waals surface area contributed by atoms with Crippen LogP contribution in [-0.4, -0.2) is 5.91 Å². The van der Waals surface area contributed by atoms with Crippen LogP contribution >= 0.6 is 0 Å². The first-order chi connectivity index (χ1) is 9.78. The summed E-state index contributed by atoms with van der Waals surface area (Å²) in [5.41, 5.74) is 7.95. The van der Waals surface area contributed by atoms with Crippen LogP contribution in [0.2, 0.25) is 0 Å². The van der Waals surface area contributed by atoms with E-state index < -0.39 is 0 Å². The highest BCUT2D eigenvalue weighted by Gasteiger charge is 2.13. The number of rotatable bonds is 3. The number of fused-ring (bicyclic) bond motifs is 1. The maximum absolute atomic E-state index is 12.2. The molecule has 1 aromatic heterocycles. The average molecular weight is 266 g/mol. The summed E-state index contributed by atoms with van der Waals surface area (Å²) < 4.78 is 5.53. The second kappa shape index (κ2) is 5.19. The second-order valence-electron chi connectivity index (χ2n) is 4.46. The molecule has 0 saturated heterocycles. The summed E-state index contributed by atoms with van der Waals surface area (Å²) in [5, 5.41) is 3.73. The van der Waals surface area contributed by atoms with Gasteiger partial charge in [0.1, 0.15) is 5.58 Å². The van der Waals surface area contributed by atoms with Crippen LogP contribution in [0.15, 0.2) is 59.0 Å². The number of amides is 1. The van der Waals surface area contributed by atoms with Crippen molar-refractivity contribution in [2.45, 2.75) is 6.54 Å². The lowest BCUT2D eigenvalue weighted by molar-refractivity contribution is 0.0998. The van der Waals surface area contributed by atoms with E-state index in [0.29, 0.717) is 17.8 Å². The van der Waals surface area contributed by atoms with E-state index in [9.17, 15) is 4.79 Å². The minimum absolute atomic E-state index is 0.276. The first-order valence-electron chi connectivity index (χ1n) is 6.36. The highest BCUT2D eigenvalue weighted by Crippen LogP contribution is 2.21. The third kappa shape index (κ3) is 2.29. The van der Waals surface area contributed by atoms with Crippen LogP contribution in [0, 0.1) is 0 Å². The molecule has 4 nitrogen and oxygen atoms in total. The van der Waals surface area contributed by atoms with Crippen LogP contribution < -0.4 is 11.1 Å². The molecule has 0 unspecified atom stereocenters. The smallest absolute Gasteiger partial charge is 0.291 e. The number of carbonyl (C=O) groups is 1. The minimum Gasteiger partial charge on any atom is -0.451 e. The third-order valence-corrected chi connectivity index (χ3v) is 3.13. The fraction of sp³-hybridized carbons (Fsp3) is 0.0625. The maximum atomic E-state index is 12.2. The number of hydrogen-bond acceptors (Lipinski definition) is 3. The Morgan fingerprint density at radius 1 is 1.10 bits per heavy atom. The molecule has 20 heavy (non-hydrogen) atoms. The van der Waals surface area contributed by atoms with Crippen LogP contribution in [0.3, 0.4) is 0 Å². The van der Waals surface area contributed by atoms with Crippen molar-refractivity contribution in [1.29, 1.82) is 0 Å². The summed E-state index contributed by atoms with van der Waals surface area (Å²) in [6.45, 7) is 0.372. The quantitative estimate of drug-likeness (QED) is 0.765. The lowest BCUT2D eigenvalue weighted by atomic mass is 10.2. The number of para-hydroxylation sites is 2. The van der Waals surface area contributed by atoms with Crippen LogP contribution in [-0.2, 0) is 6.54 Å². The third-order valence-electron chi connectivity index (χ3n) is 3.13. The van der Waals surface area contributed by atoms with Crippen molar-refractivity contribution in [2.24, 2.45) is 5.73 Å². The molecule has 1 heterocycles. The van der Waals surface area contributed by atoms with E-state index in [1.165, 1.54) is 0 Å². The van der Waals surface area contributed by atoms with E-state index in [1.807, 2.05) is 48.5 Å². The second-order valence-corrected chi connectivity index (χ2v) is 4.46. The molecule has 0 bridgehead atoms. The van der Waals surface area contributed by atoms with Crippen molar-refractivity contribution in [3.05, 3.63) is 65.9 Å². The molecule has 4 heteroatoms. The molecule has 100 valence electrons. The first-order valence-corrected chi connectivity index (χ1v) is 6.36. The number of anilines is 1. The number of nitrogens with one attached hydrogen (secondary N) is 1. The Bertz CT molecular complexity index is 729. The fourth-order valence-corrected chi connectivity index (χ4v) is 2.10. The zero-order chi connectivity index (χ0) is 13.9. The Morgan fingerprint density at radius 3 is 2.65 bits per heavy atom. The first kappa shape index (κ1) is 12.4. The van der Waals surface area contributed by atoms with Crippen molar-refractivity contribution < 1.29 is 9.21 Å². The van der Waals surface area contributed by atoms with Gasteiger partial charge in [-0.2, -0.15) is 0 Å². The molecule has 0 aliphatic carbocycles. The minimum atomic E-state index is -0.276. The van der Waals surface area contributed by atoms with Crippen LogP contribution in [0.4, 0.5) is 5.69 Å². The van der Waals surface area contributed by atoms with Crippen molar-refractivity contribution >= 4 is 22.6 Å². The highest BCUT2D eigenvalue weighted by molar-refractivity contribution is 6.04. The van der Waals surface area contributed by atoms with E-state index in [1.54, 1.807) is 6.07 Å². The maximum Gasteiger partial charge on any atom is 0.291 e. The van der Waals surface area contributed by atoms with Gasteiger partial charge in [-0.25, -0.2) is 0 Å². The Kier molecular flexibility index (Phi) is 3.23. The number of carbonyl (C=O) groups excluding carboxylic acids is 1. The Hall–Kier alpha value is -2.59. The van der Waals surface area contributed by atoms with E-state index >= 15 is 0 Å². The van der Waals surface area contributed by atoms with Crippen molar-refractivity contribution in [1.82, 2.24) is 0 Å². The fourth-order valence-electron chi connectivity index (χ4n) is 2.10. The van der Waals surface area contributed by atoms with E-state index in [0.717, 1.165) is 10.9 Å². The Balaban J connectivity index is 1.89. The van der Waals surface area contributed by atoms with Gasteiger partial charge < -0.3 is 15.5 Å². The summed E-state index contributed by atoms with van der Waals surface area (Å²) in [7, 11) is 0. The van der Waals surface area contributed by atoms with Crippen molar-refractivity contribution in [2.75, 3.05) is 5.32 Å². The zero-order valence-electron chi connectivity index (χ0n) is 10.8. The van der Waals surface area contributed by atoms with Crippen LogP contribution in [0.5, 0.6) is 0 Å². The van der Waals surface area contributed by atoms with Gasteiger partial charge in [0.05, 0.1) is 0 Å². The van der Waals surface area contributed by atoms with Gasteiger partial charge in [0, 0.05) is 17.6 Å². The molecule has 0 radical (unpaired) electrons. The van der Waals surface area contributed by atoms with E-state index in [2.05, 4.69) is 5.32 Å². The van der Waals surface area contributed by atoms with Crippen LogP contribution in [0.1, 0.15) is 16.1 Å².